The lowest BCUT2D eigenvalue weighted by molar-refractivity contribution is -0.0876. The lowest BCUT2D eigenvalue weighted by Crippen LogP contribution is -2.52. The molecule has 0 amide bonds. The van der Waals surface area contributed by atoms with Gasteiger partial charge in [-0.2, -0.15) is 0 Å². The highest BCUT2D eigenvalue weighted by Crippen LogP contribution is 2.66. The summed E-state index contributed by atoms with van der Waals surface area (Å²) in [6.07, 6.45) is 14.9. The fourth-order valence-corrected chi connectivity index (χ4v) is 8.22. The Hall–Kier alpha value is -0.275. The van der Waals surface area contributed by atoms with Crippen LogP contribution < -0.4 is 0 Å². The van der Waals surface area contributed by atoms with Crippen LogP contribution in [-0.2, 0) is 9.31 Å². The molecule has 0 aromatic heterocycles. The van der Waals surface area contributed by atoms with E-state index in [1.54, 1.807) is 0 Å². The number of hydrogen-bond donors (Lipinski definition) is 0. The molecule has 1 heterocycles. The summed E-state index contributed by atoms with van der Waals surface area (Å²) in [7, 11) is -0.153. The Kier molecular flexibility index (Phi) is 5.84. The lowest BCUT2D eigenvalue weighted by atomic mass is 9.44. The van der Waals surface area contributed by atoms with Crippen LogP contribution in [0.3, 0.4) is 0 Å². The van der Waals surface area contributed by atoms with Gasteiger partial charge in [-0.25, -0.2) is 0 Å². The van der Waals surface area contributed by atoms with Crippen molar-refractivity contribution in [1.29, 1.82) is 0 Å². The van der Waals surface area contributed by atoms with E-state index in [4.69, 9.17) is 9.31 Å². The summed E-state index contributed by atoms with van der Waals surface area (Å²) in [5, 5.41) is 0. The summed E-state index contributed by atoms with van der Waals surface area (Å²) in [6, 6.07) is 0. The molecule has 170 valence electrons. The Balaban J connectivity index is 1.58. The Morgan fingerprint density at radius 1 is 0.900 bits per heavy atom. The zero-order valence-corrected chi connectivity index (χ0v) is 21.1. The molecule has 0 aromatic rings. The Morgan fingerprint density at radius 3 is 2.17 bits per heavy atom. The van der Waals surface area contributed by atoms with E-state index >= 15 is 0 Å². The SMILES string of the molecule is CCC[C@@H]1CC[C@@H]2[C@H](CC[C@]3(C)C(B4OC(C)(C)C(C)(C)O4)=CC[C@@H]23)[C@@]1(C)CCC. The zero-order valence-electron chi connectivity index (χ0n) is 21.1. The van der Waals surface area contributed by atoms with Gasteiger partial charge >= 0.3 is 7.12 Å². The number of hydrogen-bond acceptors (Lipinski definition) is 2. The number of rotatable bonds is 5. The van der Waals surface area contributed by atoms with Crippen molar-refractivity contribution < 1.29 is 9.31 Å². The Morgan fingerprint density at radius 2 is 1.57 bits per heavy atom. The van der Waals surface area contributed by atoms with E-state index in [1.807, 2.05) is 0 Å². The summed E-state index contributed by atoms with van der Waals surface area (Å²) >= 11 is 0. The van der Waals surface area contributed by atoms with Gasteiger partial charge in [-0.15, -0.1) is 0 Å². The van der Waals surface area contributed by atoms with Crippen LogP contribution >= 0.6 is 0 Å². The van der Waals surface area contributed by atoms with Gasteiger partial charge in [-0.05, 0) is 106 Å². The fourth-order valence-electron chi connectivity index (χ4n) is 8.22. The summed E-state index contributed by atoms with van der Waals surface area (Å²) in [5.74, 6) is 3.51. The van der Waals surface area contributed by atoms with E-state index in [9.17, 15) is 0 Å². The predicted molar refractivity (Wildman–Crippen MR) is 127 cm³/mol. The highest BCUT2D eigenvalue weighted by molar-refractivity contribution is 6.55. The first-order valence-corrected chi connectivity index (χ1v) is 13.1. The van der Waals surface area contributed by atoms with Crippen molar-refractivity contribution >= 4 is 7.12 Å². The van der Waals surface area contributed by atoms with Crippen molar-refractivity contribution in [2.45, 2.75) is 124 Å². The third kappa shape index (κ3) is 3.28. The molecule has 0 aromatic carbocycles. The molecule has 6 atom stereocenters. The summed E-state index contributed by atoms with van der Waals surface area (Å²) in [4.78, 5) is 0. The molecule has 2 nitrogen and oxygen atoms in total. The largest absolute Gasteiger partial charge is 0.490 e. The third-order valence-corrected chi connectivity index (χ3v) is 10.6. The first-order valence-electron chi connectivity index (χ1n) is 13.1. The minimum atomic E-state index is -0.248. The number of fused-ring (bicyclic) bond motifs is 3. The molecule has 0 radical (unpaired) electrons. The molecule has 0 unspecified atom stereocenters. The van der Waals surface area contributed by atoms with Gasteiger partial charge in [0.05, 0.1) is 11.2 Å². The van der Waals surface area contributed by atoms with E-state index in [0.717, 1.165) is 23.7 Å². The molecule has 3 heteroatoms. The summed E-state index contributed by atoms with van der Waals surface area (Å²) < 4.78 is 13.1. The quantitative estimate of drug-likeness (QED) is 0.431. The van der Waals surface area contributed by atoms with Gasteiger partial charge in [-0.3, -0.25) is 0 Å². The summed E-state index contributed by atoms with van der Waals surface area (Å²) in [5.41, 5.74) is 1.77. The molecule has 4 aliphatic rings. The molecular weight excluding hydrogens is 367 g/mol. The monoisotopic (exact) mass is 414 g/mol. The Labute approximate surface area is 187 Å². The van der Waals surface area contributed by atoms with Gasteiger partial charge in [0.2, 0.25) is 0 Å². The first kappa shape index (κ1) is 22.9. The molecule has 30 heavy (non-hydrogen) atoms. The van der Waals surface area contributed by atoms with Gasteiger partial charge in [-0.1, -0.05) is 53.0 Å². The average Bonchev–Trinajstić information content (AvgIpc) is 3.10. The van der Waals surface area contributed by atoms with Crippen LogP contribution in [0.1, 0.15) is 113 Å². The maximum atomic E-state index is 6.54. The lowest BCUT2D eigenvalue weighted by Gasteiger charge is -2.59. The fraction of sp³-hybridized carbons (Fsp3) is 0.926. The van der Waals surface area contributed by atoms with Gasteiger partial charge in [0.1, 0.15) is 0 Å². The average molecular weight is 414 g/mol. The van der Waals surface area contributed by atoms with E-state index in [0.29, 0.717) is 5.41 Å². The van der Waals surface area contributed by atoms with E-state index in [1.165, 1.54) is 63.3 Å². The molecule has 3 aliphatic carbocycles. The molecule has 4 rings (SSSR count). The zero-order chi connectivity index (χ0) is 21.9. The van der Waals surface area contributed by atoms with Crippen LogP contribution in [0, 0.1) is 34.5 Å². The molecule has 3 fully saturated rings. The minimum absolute atomic E-state index is 0.153. The highest BCUT2D eigenvalue weighted by Gasteiger charge is 2.62. The van der Waals surface area contributed by atoms with Crippen molar-refractivity contribution in [1.82, 2.24) is 0 Å². The maximum Gasteiger partial charge on any atom is 0.490 e. The smallest absolute Gasteiger partial charge is 0.400 e. The molecule has 0 spiro atoms. The molecule has 0 N–H and O–H groups in total. The van der Waals surface area contributed by atoms with Gasteiger partial charge in [0.15, 0.2) is 0 Å². The van der Waals surface area contributed by atoms with E-state index in [2.05, 4.69) is 61.5 Å². The third-order valence-electron chi connectivity index (χ3n) is 10.6. The second-order valence-corrected chi connectivity index (χ2v) is 12.6. The van der Waals surface area contributed by atoms with Crippen LogP contribution in [0.25, 0.3) is 0 Å². The van der Waals surface area contributed by atoms with Crippen LogP contribution in [-0.4, -0.2) is 18.3 Å². The van der Waals surface area contributed by atoms with Crippen LogP contribution in [0.5, 0.6) is 0 Å². The van der Waals surface area contributed by atoms with E-state index < -0.39 is 0 Å². The van der Waals surface area contributed by atoms with Crippen molar-refractivity contribution in [2.24, 2.45) is 34.5 Å². The van der Waals surface area contributed by atoms with Gasteiger partial charge < -0.3 is 9.31 Å². The normalized spacial score (nSPS) is 44.5. The van der Waals surface area contributed by atoms with Crippen molar-refractivity contribution in [3.05, 3.63) is 11.5 Å². The van der Waals surface area contributed by atoms with Crippen molar-refractivity contribution in [3.63, 3.8) is 0 Å². The second kappa shape index (κ2) is 7.65. The maximum absolute atomic E-state index is 6.54. The predicted octanol–water partition coefficient (Wildman–Crippen LogP) is 7.61. The molecule has 0 bridgehead atoms. The minimum Gasteiger partial charge on any atom is -0.400 e. The van der Waals surface area contributed by atoms with Crippen molar-refractivity contribution in [2.75, 3.05) is 0 Å². The van der Waals surface area contributed by atoms with Crippen molar-refractivity contribution in [3.8, 4) is 0 Å². The van der Waals surface area contributed by atoms with Gasteiger partial charge in [0.25, 0.3) is 0 Å². The van der Waals surface area contributed by atoms with Crippen LogP contribution in [0.4, 0.5) is 0 Å². The van der Waals surface area contributed by atoms with E-state index in [-0.39, 0.29) is 23.7 Å². The topological polar surface area (TPSA) is 18.5 Å². The summed E-state index contributed by atoms with van der Waals surface area (Å²) in [6.45, 7) is 18.7. The highest BCUT2D eigenvalue weighted by atomic mass is 16.7. The molecule has 1 aliphatic heterocycles. The molecular formula is C27H47BO2. The number of allylic oxidation sites excluding steroid dienone is 2. The Bertz CT molecular complexity index is 666. The van der Waals surface area contributed by atoms with Gasteiger partial charge in [0, 0.05) is 0 Å². The standard InChI is InChI=1S/C27H47BO2/c1-9-11-19-12-13-20-21-14-15-23(28-29-24(3,4)25(5,6)30-28)27(21,8)18-16-22(20)26(19,7)17-10-2/h15,19-22H,9-14,16-18H2,1-8H3/t19-,20+,21+,22+,26+,27+/m1/s1. The van der Waals surface area contributed by atoms with Crippen LogP contribution in [0.2, 0.25) is 0 Å². The molecule has 2 saturated carbocycles. The second-order valence-electron chi connectivity index (χ2n) is 12.6. The first-order chi connectivity index (χ1) is 14.0. The van der Waals surface area contributed by atoms with Crippen LogP contribution in [0.15, 0.2) is 11.5 Å². The molecule has 1 saturated heterocycles.